The minimum Gasteiger partial charge on any atom is -0.265 e. The molecule has 2 unspecified atom stereocenters. The van der Waals surface area contributed by atoms with Crippen molar-refractivity contribution in [3.8, 4) is 0 Å². The molecule has 1 heterocycles. The second-order valence-electron chi connectivity index (χ2n) is 4.35. The van der Waals surface area contributed by atoms with Gasteiger partial charge in [-0.1, -0.05) is 0 Å². The first-order valence-corrected chi connectivity index (χ1v) is 5.17. The van der Waals surface area contributed by atoms with Gasteiger partial charge in [0.1, 0.15) is 0 Å². The summed E-state index contributed by atoms with van der Waals surface area (Å²) in [5.41, 5.74) is 0. The second kappa shape index (κ2) is 5.08. The van der Waals surface area contributed by atoms with Gasteiger partial charge in [-0.15, -0.1) is 0 Å². The van der Waals surface area contributed by atoms with Crippen LogP contribution in [-0.4, -0.2) is 48.0 Å². The zero-order valence-corrected chi connectivity index (χ0v) is 10.5. The third-order valence-electron chi connectivity index (χ3n) is 2.69. The van der Waals surface area contributed by atoms with E-state index in [0.29, 0.717) is 0 Å². The minimum atomic E-state index is -7.37. The van der Waals surface area contributed by atoms with E-state index in [2.05, 4.69) is 0 Å². The smallest absolute Gasteiger partial charge is 0.265 e. The van der Waals surface area contributed by atoms with Crippen LogP contribution in [0.15, 0.2) is 0 Å². The lowest BCUT2D eigenvalue weighted by Gasteiger charge is -2.35. The zero-order chi connectivity index (χ0) is 20.5. The van der Waals surface area contributed by atoms with Gasteiger partial charge in [0.2, 0.25) is 0 Å². The van der Waals surface area contributed by atoms with Crippen molar-refractivity contribution in [1.82, 2.24) is 0 Å². The Morgan fingerprint density at radius 1 is 0.800 bits per heavy atom. The molecule has 1 aliphatic rings. The predicted octanol–water partition coefficient (Wildman–Crippen LogP) is 3.88. The van der Waals surface area contributed by atoms with Crippen LogP contribution in [0.4, 0.5) is 61.5 Å². The van der Waals surface area contributed by atoms with Gasteiger partial charge in [-0.2, -0.15) is 61.5 Å². The third kappa shape index (κ3) is 2.53. The van der Waals surface area contributed by atoms with Gasteiger partial charge >= 0.3 is 48.0 Å². The highest BCUT2D eigenvalue weighted by atomic mass is 19.4. The van der Waals surface area contributed by atoms with Gasteiger partial charge < -0.3 is 0 Å². The first-order valence-electron chi connectivity index (χ1n) is 5.17. The maximum atomic E-state index is 13.5. The largest absolute Gasteiger partial charge is 0.459 e. The highest BCUT2D eigenvalue weighted by Crippen LogP contribution is 2.65. The van der Waals surface area contributed by atoms with Crippen LogP contribution in [0.1, 0.15) is 0 Å². The summed E-state index contributed by atoms with van der Waals surface area (Å²) in [6.45, 7) is 0. The first-order chi connectivity index (χ1) is 10.6. The van der Waals surface area contributed by atoms with E-state index in [-0.39, 0.29) is 0 Å². The molecule has 1 fully saturated rings. The van der Waals surface area contributed by atoms with Gasteiger partial charge in [-0.25, -0.2) is 0 Å². The fraction of sp³-hybridized carbons (Fsp3) is 0.875. The summed E-state index contributed by atoms with van der Waals surface area (Å²) in [7, 11) is 0. The second-order valence-corrected chi connectivity index (χ2v) is 4.35. The lowest BCUT2D eigenvalue weighted by atomic mass is 10.1. The van der Waals surface area contributed by atoms with Gasteiger partial charge in [0.25, 0.3) is 0 Å². The van der Waals surface area contributed by atoms with Crippen LogP contribution < -0.4 is 0 Å². The van der Waals surface area contributed by atoms with Crippen LogP contribution in [0.2, 0.25) is 0 Å². The summed E-state index contributed by atoms with van der Waals surface area (Å²) in [6, 6.07) is -4.51. The maximum Gasteiger partial charge on any atom is 0.459 e. The lowest BCUT2D eigenvalue weighted by molar-refractivity contribution is -0.482. The Morgan fingerprint density at radius 2 is 1.20 bits per heavy atom. The fourth-order valence-corrected chi connectivity index (χ4v) is 1.38. The number of hydrogen-bond acceptors (Lipinski definition) is 3. The first kappa shape index (κ1) is 21.7. The Labute approximate surface area is 125 Å². The topological polar surface area (TPSA) is 35.5 Å². The Hall–Kier alpha value is -1.39. The van der Waals surface area contributed by atoms with Crippen LogP contribution in [-0.2, 0) is 14.3 Å². The van der Waals surface area contributed by atoms with Crippen molar-refractivity contribution >= 4 is 6.04 Å². The molecule has 0 aromatic carbocycles. The van der Waals surface area contributed by atoms with Crippen LogP contribution in [0, 0.1) is 0 Å². The molecule has 1 aliphatic heterocycles. The summed E-state index contributed by atoms with van der Waals surface area (Å²) < 4.78 is 181. The highest BCUT2D eigenvalue weighted by molar-refractivity contribution is 5.77. The molecule has 17 heteroatoms. The van der Waals surface area contributed by atoms with E-state index in [1.165, 1.54) is 0 Å². The molecule has 0 radical (unpaired) electrons. The molecular formula is C8F14O3. The van der Waals surface area contributed by atoms with E-state index in [4.69, 9.17) is 0 Å². The molecule has 0 aliphatic carbocycles. The number of ether oxygens (including phenoxy) is 2. The molecule has 0 N–H and O–H groups in total. The summed E-state index contributed by atoms with van der Waals surface area (Å²) in [4.78, 5) is 9.86. The van der Waals surface area contributed by atoms with Crippen molar-refractivity contribution < 1.29 is 75.7 Å². The Balaban J connectivity index is 3.50. The van der Waals surface area contributed by atoms with Crippen LogP contribution in [0.25, 0.3) is 0 Å². The van der Waals surface area contributed by atoms with Gasteiger partial charge in [0.05, 0.1) is 0 Å². The van der Waals surface area contributed by atoms with Gasteiger partial charge in [0, 0.05) is 0 Å². The van der Waals surface area contributed by atoms with E-state index in [0.717, 1.165) is 0 Å². The Bertz CT molecular complexity index is 569. The molecular weight excluding hydrogens is 410 g/mol. The molecule has 25 heavy (non-hydrogen) atoms. The number of carbonyl (C=O) groups is 1. The number of alkyl halides is 13. The average molecular weight is 410 g/mol. The van der Waals surface area contributed by atoms with Crippen molar-refractivity contribution in [2.75, 3.05) is 0 Å². The van der Waals surface area contributed by atoms with Crippen LogP contribution in [0.5, 0.6) is 0 Å². The monoisotopic (exact) mass is 410 g/mol. The number of halogens is 14. The number of carbonyl (C=O) groups excluding carboxylic acids is 1. The standard InChI is InChI=1S/C8F14O3/c9-1(23)2(10,6(16,17)18)24-8(21,22)5(15)3(11,12)4(13,14)7(19,20)25-5. The van der Waals surface area contributed by atoms with Crippen molar-refractivity contribution in [2.45, 2.75) is 41.9 Å². The summed E-state index contributed by atoms with van der Waals surface area (Å²) in [5.74, 6) is -28.4. The van der Waals surface area contributed by atoms with Gasteiger partial charge in [0.15, 0.2) is 0 Å². The van der Waals surface area contributed by atoms with E-state index in [1.54, 1.807) is 4.74 Å². The van der Waals surface area contributed by atoms with Crippen molar-refractivity contribution in [1.29, 1.82) is 0 Å². The highest BCUT2D eigenvalue weighted by Gasteiger charge is 2.96. The molecule has 0 bridgehead atoms. The average Bonchev–Trinajstić information content (AvgIpc) is 2.43. The third-order valence-corrected chi connectivity index (χ3v) is 2.69. The molecule has 0 aromatic heterocycles. The molecule has 148 valence electrons. The quantitative estimate of drug-likeness (QED) is 0.522. The maximum absolute atomic E-state index is 13.5. The minimum absolute atomic E-state index is 1.66. The molecule has 0 spiro atoms. The SMILES string of the molecule is O=C(F)C(F)(OC(F)(F)C1(F)OC(F)(F)C(F)(F)C1(F)F)C(F)(F)F. The molecule has 0 amide bonds. The van der Waals surface area contributed by atoms with Crippen LogP contribution in [0.3, 0.4) is 0 Å². The van der Waals surface area contributed by atoms with Crippen LogP contribution >= 0.6 is 0 Å². The van der Waals surface area contributed by atoms with Crippen molar-refractivity contribution in [3.05, 3.63) is 0 Å². The van der Waals surface area contributed by atoms with Crippen molar-refractivity contribution in [2.24, 2.45) is 0 Å². The lowest BCUT2D eigenvalue weighted by Crippen LogP contribution is -2.65. The number of rotatable bonds is 4. The predicted molar refractivity (Wildman–Crippen MR) is 41.8 cm³/mol. The zero-order valence-electron chi connectivity index (χ0n) is 10.5. The molecule has 0 aromatic rings. The Morgan fingerprint density at radius 3 is 1.44 bits per heavy atom. The molecule has 1 saturated heterocycles. The van der Waals surface area contributed by atoms with E-state index in [1.807, 2.05) is 4.74 Å². The van der Waals surface area contributed by atoms with Crippen molar-refractivity contribution in [3.63, 3.8) is 0 Å². The molecule has 3 nitrogen and oxygen atoms in total. The van der Waals surface area contributed by atoms with E-state index in [9.17, 15) is 66.3 Å². The summed E-state index contributed by atoms with van der Waals surface area (Å²) in [5, 5.41) is 0. The van der Waals surface area contributed by atoms with Gasteiger partial charge in [-0.3, -0.25) is 14.3 Å². The number of hydrogen-bond donors (Lipinski definition) is 0. The Kier molecular flexibility index (Phi) is 4.40. The summed E-state index contributed by atoms with van der Waals surface area (Å²) >= 11 is 0. The molecule has 1 rings (SSSR count). The molecule has 2 atom stereocenters. The normalized spacial score (nSPS) is 30.8. The van der Waals surface area contributed by atoms with E-state index >= 15 is 0 Å². The molecule has 0 saturated carbocycles. The van der Waals surface area contributed by atoms with Gasteiger partial charge in [-0.05, 0) is 0 Å². The van der Waals surface area contributed by atoms with E-state index < -0.39 is 48.0 Å². The summed E-state index contributed by atoms with van der Waals surface area (Å²) in [6.07, 6.45) is -21.2. The fourth-order valence-electron chi connectivity index (χ4n) is 1.38.